The van der Waals surface area contributed by atoms with Crippen molar-refractivity contribution in [1.29, 1.82) is 0 Å². The van der Waals surface area contributed by atoms with Crippen molar-refractivity contribution in [2.75, 3.05) is 0 Å². The van der Waals surface area contributed by atoms with Crippen LogP contribution in [-0.2, 0) is 6.54 Å². The van der Waals surface area contributed by atoms with Gasteiger partial charge in [-0.15, -0.1) is 0 Å². The van der Waals surface area contributed by atoms with Crippen LogP contribution in [0.4, 0.5) is 0 Å². The first kappa shape index (κ1) is 18.7. The molecule has 5 aromatic rings. The predicted molar refractivity (Wildman–Crippen MR) is 118 cm³/mol. The maximum absolute atomic E-state index is 12.8. The quantitative estimate of drug-likeness (QED) is 0.450. The molecule has 0 aliphatic rings. The van der Waals surface area contributed by atoms with Crippen LogP contribution in [0.5, 0.6) is 0 Å². The molecule has 5 rings (SSSR count). The molecule has 0 atom stereocenters. The highest BCUT2D eigenvalue weighted by molar-refractivity contribution is 6.00. The summed E-state index contributed by atoms with van der Waals surface area (Å²) in [6.45, 7) is 0.300. The van der Waals surface area contributed by atoms with E-state index in [1.807, 2.05) is 66.7 Å². The molecule has 0 radical (unpaired) electrons. The lowest BCUT2D eigenvalue weighted by Gasteiger charge is -2.07. The van der Waals surface area contributed by atoms with E-state index in [0.29, 0.717) is 23.4 Å². The summed E-state index contributed by atoms with van der Waals surface area (Å²) in [5.74, 6) is 0.454. The van der Waals surface area contributed by atoms with E-state index >= 15 is 0 Å². The zero-order valence-corrected chi connectivity index (χ0v) is 16.5. The highest BCUT2D eigenvalue weighted by atomic mass is 16.5. The molecule has 6 nitrogen and oxygen atoms in total. The van der Waals surface area contributed by atoms with Gasteiger partial charge >= 0.3 is 0 Å². The summed E-state index contributed by atoms with van der Waals surface area (Å²) in [5.41, 5.74) is 4.71. The normalized spacial score (nSPS) is 10.8. The fourth-order valence-corrected chi connectivity index (χ4v) is 3.41. The number of aromatic nitrogens is 3. The first-order valence-electron chi connectivity index (χ1n) is 9.87. The molecule has 3 aromatic carbocycles. The van der Waals surface area contributed by atoms with E-state index in [9.17, 15) is 4.79 Å². The first-order valence-corrected chi connectivity index (χ1v) is 9.87. The van der Waals surface area contributed by atoms with E-state index in [1.165, 1.54) is 6.33 Å². The topological polar surface area (TPSA) is 80.9 Å². The molecule has 2 aromatic heterocycles. The summed E-state index contributed by atoms with van der Waals surface area (Å²) in [6, 6.07) is 26.8. The summed E-state index contributed by atoms with van der Waals surface area (Å²) < 4.78 is 5.52. The number of fused-ring (bicyclic) bond motifs is 1. The van der Waals surface area contributed by atoms with E-state index in [4.69, 9.17) is 4.52 Å². The van der Waals surface area contributed by atoms with E-state index in [-0.39, 0.29) is 5.91 Å². The zero-order valence-electron chi connectivity index (χ0n) is 16.5. The van der Waals surface area contributed by atoms with Crippen LogP contribution in [0, 0.1) is 0 Å². The predicted octanol–water partition coefficient (Wildman–Crippen LogP) is 4.88. The molecule has 0 aliphatic heterocycles. The standard InChI is InChI=1S/C25H18N4O2/c30-25(26-15-20-14-23(28-16-27-20)17-7-3-1-4-8-17)19-11-12-22-21(13-19)24(31-29-22)18-9-5-2-6-10-18/h1-14,16H,15H2,(H,26,30). The van der Waals surface area contributed by atoms with Crippen LogP contribution < -0.4 is 5.32 Å². The Bertz CT molecular complexity index is 1350. The molecule has 0 aliphatic carbocycles. The van der Waals surface area contributed by atoms with Crippen LogP contribution in [0.2, 0.25) is 0 Å². The van der Waals surface area contributed by atoms with Gasteiger partial charge in [0.15, 0.2) is 5.76 Å². The van der Waals surface area contributed by atoms with Crippen molar-refractivity contribution in [3.63, 3.8) is 0 Å². The average Bonchev–Trinajstić information content (AvgIpc) is 3.27. The summed E-state index contributed by atoms with van der Waals surface area (Å²) >= 11 is 0. The monoisotopic (exact) mass is 406 g/mol. The van der Waals surface area contributed by atoms with Gasteiger partial charge in [-0.2, -0.15) is 0 Å². The molecule has 31 heavy (non-hydrogen) atoms. The molecule has 0 unspecified atom stereocenters. The van der Waals surface area contributed by atoms with Gasteiger partial charge < -0.3 is 9.84 Å². The van der Waals surface area contributed by atoms with Gasteiger partial charge in [-0.1, -0.05) is 65.8 Å². The van der Waals surface area contributed by atoms with Crippen molar-refractivity contribution in [1.82, 2.24) is 20.4 Å². The number of nitrogens with one attached hydrogen (secondary N) is 1. The molecule has 2 heterocycles. The largest absolute Gasteiger partial charge is 0.355 e. The lowest BCUT2D eigenvalue weighted by atomic mass is 10.1. The number of carbonyl (C=O) groups is 1. The van der Waals surface area contributed by atoms with Gasteiger partial charge in [-0.05, 0) is 24.3 Å². The van der Waals surface area contributed by atoms with Crippen LogP contribution in [0.1, 0.15) is 16.1 Å². The van der Waals surface area contributed by atoms with Crippen LogP contribution in [0.15, 0.2) is 95.8 Å². The number of amides is 1. The van der Waals surface area contributed by atoms with E-state index in [2.05, 4.69) is 20.4 Å². The Hall–Kier alpha value is -4.32. The minimum absolute atomic E-state index is 0.193. The summed E-state index contributed by atoms with van der Waals surface area (Å²) in [5, 5.41) is 7.83. The highest BCUT2D eigenvalue weighted by Crippen LogP contribution is 2.29. The number of carbonyl (C=O) groups excluding carboxylic acids is 1. The molecule has 1 amide bonds. The molecule has 0 fully saturated rings. The maximum Gasteiger partial charge on any atom is 0.251 e. The van der Waals surface area contributed by atoms with Crippen LogP contribution in [0.3, 0.4) is 0 Å². The number of hydrogen-bond donors (Lipinski definition) is 1. The van der Waals surface area contributed by atoms with E-state index in [0.717, 1.165) is 27.9 Å². The molecule has 150 valence electrons. The second-order valence-electron chi connectivity index (χ2n) is 7.05. The first-order chi connectivity index (χ1) is 15.3. The molecule has 0 saturated heterocycles. The van der Waals surface area contributed by atoms with Crippen molar-refractivity contribution in [2.45, 2.75) is 6.54 Å². The van der Waals surface area contributed by atoms with Gasteiger partial charge in [-0.3, -0.25) is 4.79 Å². The van der Waals surface area contributed by atoms with Crippen molar-refractivity contribution in [3.05, 3.63) is 103 Å². The fourth-order valence-electron chi connectivity index (χ4n) is 3.41. The van der Waals surface area contributed by atoms with Gasteiger partial charge in [-0.25, -0.2) is 9.97 Å². The molecule has 1 N–H and O–H groups in total. The van der Waals surface area contributed by atoms with Crippen molar-refractivity contribution in [3.8, 4) is 22.6 Å². The Balaban J connectivity index is 1.35. The smallest absolute Gasteiger partial charge is 0.251 e. The Morgan fingerprint density at radius 1 is 0.839 bits per heavy atom. The lowest BCUT2D eigenvalue weighted by Crippen LogP contribution is -2.23. The van der Waals surface area contributed by atoms with E-state index in [1.54, 1.807) is 18.2 Å². The molecular formula is C25H18N4O2. The van der Waals surface area contributed by atoms with Gasteiger partial charge in [0.2, 0.25) is 0 Å². The second-order valence-corrected chi connectivity index (χ2v) is 7.05. The van der Waals surface area contributed by atoms with Gasteiger partial charge in [0, 0.05) is 16.7 Å². The summed E-state index contributed by atoms with van der Waals surface area (Å²) in [6.07, 6.45) is 1.51. The molecule has 0 spiro atoms. The number of rotatable bonds is 5. The van der Waals surface area contributed by atoms with E-state index < -0.39 is 0 Å². The minimum Gasteiger partial charge on any atom is -0.355 e. The molecule has 0 bridgehead atoms. The summed E-state index contributed by atoms with van der Waals surface area (Å²) in [4.78, 5) is 21.4. The SMILES string of the molecule is O=C(NCc1cc(-c2ccccc2)ncn1)c1ccc2noc(-c3ccccc3)c2c1. The molecule has 6 heteroatoms. The highest BCUT2D eigenvalue weighted by Gasteiger charge is 2.14. The third-order valence-corrected chi connectivity index (χ3v) is 5.00. The molecular weight excluding hydrogens is 388 g/mol. The zero-order chi connectivity index (χ0) is 21.0. The Labute approximate surface area is 178 Å². The molecule has 0 saturated carbocycles. The minimum atomic E-state index is -0.193. The summed E-state index contributed by atoms with van der Waals surface area (Å²) in [7, 11) is 0. The second kappa shape index (κ2) is 8.20. The number of benzene rings is 3. The van der Waals surface area contributed by atoms with Gasteiger partial charge in [0.25, 0.3) is 5.91 Å². The van der Waals surface area contributed by atoms with Crippen LogP contribution in [-0.4, -0.2) is 21.0 Å². The van der Waals surface area contributed by atoms with Gasteiger partial charge in [0.05, 0.1) is 23.3 Å². The average molecular weight is 406 g/mol. The van der Waals surface area contributed by atoms with Gasteiger partial charge in [0.1, 0.15) is 11.8 Å². The Morgan fingerprint density at radius 2 is 1.58 bits per heavy atom. The van der Waals surface area contributed by atoms with Crippen LogP contribution in [0.25, 0.3) is 33.5 Å². The third kappa shape index (κ3) is 3.91. The number of nitrogens with zero attached hydrogens (tertiary/aromatic N) is 3. The number of hydrogen-bond acceptors (Lipinski definition) is 5. The fraction of sp³-hybridized carbons (Fsp3) is 0.0400. The van der Waals surface area contributed by atoms with Crippen molar-refractivity contribution >= 4 is 16.8 Å². The Kier molecular flexibility index (Phi) is 4.94. The van der Waals surface area contributed by atoms with Crippen LogP contribution >= 0.6 is 0 Å². The third-order valence-electron chi connectivity index (χ3n) is 5.00. The maximum atomic E-state index is 12.8. The van der Waals surface area contributed by atoms with Crippen molar-refractivity contribution < 1.29 is 9.32 Å². The Morgan fingerprint density at radius 3 is 2.35 bits per heavy atom. The van der Waals surface area contributed by atoms with Crippen molar-refractivity contribution in [2.24, 2.45) is 0 Å². The lowest BCUT2D eigenvalue weighted by molar-refractivity contribution is 0.0950.